The number of carbonyl (C=O) groups is 2. The number of rotatable bonds is 6. The number of carbonyl (C=O) groups excluding carboxylic acids is 2. The van der Waals surface area contributed by atoms with Crippen molar-refractivity contribution in [1.82, 2.24) is 10.2 Å². The molecule has 0 aromatic heterocycles. The van der Waals surface area contributed by atoms with E-state index in [0.29, 0.717) is 25.4 Å². The fraction of sp³-hybridized carbons (Fsp3) is 0.579. The quantitative estimate of drug-likeness (QED) is 0.806. The standard InChI is InChI=1S/C19H27N3O2.ClH/c20-17(15-8-9-15)12-21-19(24)16-7-4-10-22(13-16)18(23)11-14-5-2-1-3-6-14;/h1-3,5-6,15-17H,4,7-13,20H2,(H,21,24);1H. The molecule has 3 rings (SSSR count). The Bertz CT molecular complexity index is 577. The topological polar surface area (TPSA) is 75.4 Å². The lowest BCUT2D eigenvalue weighted by Crippen LogP contribution is -2.48. The summed E-state index contributed by atoms with van der Waals surface area (Å²) < 4.78 is 0. The van der Waals surface area contributed by atoms with E-state index in [0.717, 1.165) is 24.9 Å². The fourth-order valence-corrected chi connectivity index (χ4v) is 3.35. The Kier molecular flexibility index (Phi) is 7.26. The first-order valence-electron chi connectivity index (χ1n) is 8.98. The number of likely N-dealkylation sites (tertiary alicyclic amines) is 1. The molecule has 25 heavy (non-hydrogen) atoms. The van der Waals surface area contributed by atoms with E-state index in [1.165, 1.54) is 12.8 Å². The van der Waals surface area contributed by atoms with E-state index in [4.69, 9.17) is 5.73 Å². The average Bonchev–Trinajstić information content (AvgIpc) is 3.45. The predicted molar refractivity (Wildman–Crippen MR) is 100 cm³/mol. The SMILES string of the molecule is Cl.NC(CNC(=O)C1CCCN(C(=O)Cc2ccccc2)C1)C1CC1. The largest absolute Gasteiger partial charge is 0.354 e. The molecule has 1 aromatic carbocycles. The van der Waals surface area contributed by atoms with E-state index in [-0.39, 0.29) is 36.2 Å². The van der Waals surface area contributed by atoms with Crippen molar-refractivity contribution in [3.63, 3.8) is 0 Å². The molecule has 3 N–H and O–H groups in total. The highest BCUT2D eigenvalue weighted by Crippen LogP contribution is 2.31. The van der Waals surface area contributed by atoms with Gasteiger partial charge in [0.1, 0.15) is 0 Å². The predicted octanol–water partition coefficient (Wildman–Crippen LogP) is 1.74. The minimum absolute atomic E-state index is 0. The van der Waals surface area contributed by atoms with E-state index in [9.17, 15) is 9.59 Å². The zero-order valence-corrected chi connectivity index (χ0v) is 15.3. The lowest BCUT2D eigenvalue weighted by atomic mass is 9.96. The third kappa shape index (κ3) is 5.72. The molecule has 1 aromatic rings. The van der Waals surface area contributed by atoms with Crippen LogP contribution in [-0.2, 0) is 16.0 Å². The second-order valence-corrected chi connectivity index (χ2v) is 7.09. The molecule has 1 aliphatic heterocycles. The Morgan fingerprint density at radius 3 is 2.60 bits per heavy atom. The van der Waals surface area contributed by atoms with Gasteiger partial charge in [-0.3, -0.25) is 9.59 Å². The van der Waals surface area contributed by atoms with Crippen molar-refractivity contribution in [3.05, 3.63) is 35.9 Å². The van der Waals surface area contributed by atoms with Crippen LogP contribution in [0.15, 0.2) is 30.3 Å². The molecule has 2 fully saturated rings. The van der Waals surface area contributed by atoms with Gasteiger partial charge in [-0.1, -0.05) is 30.3 Å². The lowest BCUT2D eigenvalue weighted by Gasteiger charge is -2.32. The van der Waals surface area contributed by atoms with Gasteiger partial charge in [0.25, 0.3) is 0 Å². The van der Waals surface area contributed by atoms with Crippen molar-refractivity contribution in [1.29, 1.82) is 0 Å². The average molecular weight is 366 g/mol. The Balaban J connectivity index is 0.00000225. The van der Waals surface area contributed by atoms with Crippen LogP contribution in [0.5, 0.6) is 0 Å². The Morgan fingerprint density at radius 1 is 1.20 bits per heavy atom. The molecule has 0 radical (unpaired) electrons. The van der Waals surface area contributed by atoms with Crippen LogP contribution in [0.2, 0.25) is 0 Å². The molecule has 138 valence electrons. The molecule has 2 amide bonds. The number of piperidine rings is 1. The normalized spacial score (nSPS) is 21.2. The second kappa shape index (κ2) is 9.20. The third-order valence-corrected chi connectivity index (χ3v) is 5.08. The zero-order valence-electron chi connectivity index (χ0n) is 14.5. The Labute approximate surface area is 155 Å². The van der Waals surface area contributed by atoms with Gasteiger partial charge in [0.2, 0.25) is 11.8 Å². The van der Waals surface area contributed by atoms with Gasteiger partial charge in [-0.2, -0.15) is 0 Å². The van der Waals surface area contributed by atoms with E-state index in [1.54, 1.807) is 0 Å². The Hall–Kier alpha value is -1.59. The molecule has 2 unspecified atom stereocenters. The fourth-order valence-electron chi connectivity index (χ4n) is 3.35. The van der Waals surface area contributed by atoms with E-state index >= 15 is 0 Å². The molecule has 0 spiro atoms. The molecule has 1 aliphatic carbocycles. The molecule has 1 saturated carbocycles. The maximum atomic E-state index is 12.5. The van der Waals surface area contributed by atoms with Gasteiger partial charge in [-0.25, -0.2) is 0 Å². The number of amides is 2. The van der Waals surface area contributed by atoms with E-state index in [1.807, 2.05) is 35.2 Å². The van der Waals surface area contributed by atoms with Crippen molar-refractivity contribution in [2.24, 2.45) is 17.6 Å². The molecule has 2 aliphatic rings. The van der Waals surface area contributed by atoms with E-state index in [2.05, 4.69) is 5.32 Å². The summed E-state index contributed by atoms with van der Waals surface area (Å²) in [5, 5.41) is 2.98. The van der Waals surface area contributed by atoms with Gasteiger partial charge < -0.3 is 16.0 Å². The highest BCUT2D eigenvalue weighted by Gasteiger charge is 2.31. The molecule has 1 heterocycles. The van der Waals surface area contributed by atoms with Crippen molar-refractivity contribution in [2.75, 3.05) is 19.6 Å². The maximum Gasteiger partial charge on any atom is 0.227 e. The molecule has 5 nitrogen and oxygen atoms in total. The minimum atomic E-state index is -0.107. The smallest absolute Gasteiger partial charge is 0.227 e. The first-order valence-corrected chi connectivity index (χ1v) is 8.98. The van der Waals surface area contributed by atoms with E-state index < -0.39 is 0 Å². The van der Waals surface area contributed by atoms with Crippen molar-refractivity contribution < 1.29 is 9.59 Å². The summed E-state index contributed by atoms with van der Waals surface area (Å²) in [7, 11) is 0. The van der Waals surface area contributed by atoms with Gasteiger partial charge in [0.15, 0.2) is 0 Å². The number of hydrogen-bond donors (Lipinski definition) is 2. The summed E-state index contributed by atoms with van der Waals surface area (Å²) in [6, 6.07) is 9.84. The summed E-state index contributed by atoms with van der Waals surface area (Å²) in [5.74, 6) is 0.627. The molecule has 6 heteroatoms. The van der Waals surface area contributed by atoms with Crippen LogP contribution in [0.3, 0.4) is 0 Å². The minimum Gasteiger partial charge on any atom is -0.354 e. The van der Waals surface area contributed by atoms with Gasteiger partial charge in [0, 0.05) is 25.7 Å². The summed E-state index contributed by atoms with van der Waals surface area (Å²) in [6.45, 7) is 1.82. The van der Waals surface area contributed by atoms with Gasteiger partial charge in [-0.15, -0.1) is 12.4 Å². The van der Waals surface area contributed by atoms with Gasteiger partial charge in [-0.05, 0) is 37.2 Å². The summed E-state index contributed by atoms with van der Waals surface area (Å²) in [4.78, 5) is 26.7. The summed E-state index contributed by atoms with van der Waals surface area (Å²) in [6.07, 6.45) is 4.50. The van der Waals surface area contributed by atoms with Crippen LogP contribution >= 0.6 is 12.4 Å². The van der Waals surface area contributed by atoms with Crippen LogP contribution in [0.25, 0.3) is 0 Å². The number of benzene rings is 1. The van der Waals surface area contributed by atoms with Crippen LogP contribution in [-0.4, -0.2) is 42.4 Å². The third-order valence-electron chi connectivity index (χ3n) is 5.08. The monoisotopic (exact) mass is 365 g/mol. The van der Waals surface area contributed by atoms with Crippen molar-refractivity contribution in [2.45, 2.75) is 38.1 Å². The molecule has 0 bridgehead atoms. The van der Waals surface area contributed by atoms with Crippen molar-refractivity contribution in [3.8, 4) is 0 Å². The highest BCUT2D eigenvalue weighted by atomic mass is 35.5. The van der Waals surface area contributed by atoms with Crippen LogP contribution in [0.4, 0.5) is 0 Å². The Morgan fingerprint density at radius 2 is 1.92 bits per heavy atom. The molecular weight excluding hydrogens is 338 g/mol. The first-order chi connectivity index (χ1) is 11.6. The number of nitrogens with zero attached hydrogens (tertiary/aromatic N) is 1. The highest BCUT2D eigenvalue weighted by molar-refractivity contribution is 5.85. The van der Waals surface area contributed by atoms with Crippen molar-refractivity contribution >= 4 is 24.2 Å². The van der Waals surface area contributed by atoms with Crippen LogP contribution in [0.1, 0.15) is 31.2 Å². The first kappa shape index (κ1) is 19.7. The zero-order chi connectivity index (χ0) is 16.9. The van der Waals surface area contributed by atoms with Gasteiger partial charge >= 0.3 is 0 Å². The molecule has 1 saturated heterocycles. The number of nitrogens with one attached hydrogen (secondary N) is 1. The second-order valence-electron chi connectivity index (χ2n) is 7.09. The molecular formula is C19H28ClN3O2. The number of nitrogens with two attached hydrogens (primary N) is 1. The number of hydrogen-bond acceptors (Lipinski definition) is 3. The van der Waals surface area contributed by atoms with Crippen LogP contribution in [0, 0.1) is 11.8 Å². The van der Waals surface area contributed by atoms with Crippen LogP contribution < -0.4 is 11.1 Å². The maximum absolute atomic E-state index is 12.5. The lowest BCUT2D eigenvalue weighted by molar-refractivity contribution is -0.135. The van der Waals surface area contributed by atoms with Gasteiger partial charge in [0.05, 0.1) is 12.3 Å². The summed E-state index contributed by atoms with van der Waals surface area (Å²) >= 11 is 0. The molecule has 2 atom stereocenters. The summed E-state index contributed by atoms with van der Waals surface area (Å²) in [5.41, 5.74) is 7.06. The number of halogens is 1.